The Hall–Kier alpha value is -2.14. The van der Waals surface area contributed by atoms with Crippen LogP contribution < -0.4 is 11.2 Å². The Morgan fingerprint density at radius 1 is 1.22 bits per heavy atom. The van der Waals surface area contributed by atoms with E-state index in [2.05, 4.69) is 4.98 Å². The number of nitrogens with one attached hydrogen (secondary N) is 1. The highest BCUT2D eigenvalue weighted by atomic mass is 35.5. The lowest BCUT2D eigenvalue weighted by Gasteiger charge is -2.05. The van der Waals surface area contributed by atoms with Gasteiger partial charge in [-0.1, -0.05) is 23.7 Å². The van der Waals surface area contributed by atoms with E-state index < -0.39 is 11.2 Å². The molecule has 0 aliphatic carbocycles. The molecule has 0 spiro atoms. The lowest BCUT2D eigenvalue weighted by Crippen LogP contribution is -2.30. The van der Waals surface area contributed by atoms with E-state index in [4.69, 9.17) is 11.6 Å². The van der Waals surface area contributed by atoms with Gasteiger partial charge in [-0.25, -0.2) is 4.79 Å². The van der Waals surface area contributed by atoms with Crippen molar-refractivity contribution in [3.63, 3.8) is 0 Å². The molecule has 1 aromatic carbocycles. The molecular formula is C12H9ClN2O3. The monoisotopic (exact) mass is 264 g/mol. The number of nitrogens with zero attached hydrogens (tertiary/aromatic N) is 1. The highest BCUT2D eigenvalue weighted by molar-refractivity contribution is 6.33. The third-order valence-corrected chi connectivity index (χ3v) is 2.71. The number of aromatic nitrogens is 2. The molecule has 2 aromatic rings. The number of rotatable bonds is 3. The van der Waals surface area contributed by atoms with E-state index in [1.807, 2.05) is 0 Å². The Bertz CT molecular complexity index is 703. The molecule has 18 heavy (non-hydrogen) atoms. The second kappa shape index (κ2) is 5.01. The minimum atomic E-state index is -0.622. The van der Waals surface area contributed by atoms with Crippen LogP contribution in [0.5, 0.6) is 0 Å². The van der Waals surface area contributed by atoms with Crippen molar-refractivity contribution in [2.24, 2.45) is 0 Å². The summed E-state index contributed by atoms with van der Waals surface area (Å²) in [6, 6.07) is 7.77. The van der Waals surface area contributed by atoms with Crippen LogP contribution in [0.1, 0.15) is 10.4 Å². The van der Waals surface area contributed by atoms with Gasteiger partial charge in [0.1, 0.15) is 0 Å². The van der Waals surface area contributed by atoms with E-state index in [9.17, 15) is 14.4 Å². The van der Waals surface area contributed by atoms with Crippen molar-refractivity contribution in [1.82, 2.24) is 9.55 Å². The number of halogens is 1. The average molecular weight is 265 g/mol. The van der Waals surface area contributed by atoms with Crippen LogP contribution in [0.2, 0.25) is 5.02 Å². The van der Waals surface area contributed by atoms with E-state index >= 15 is 0 Å². The third kappa shape index (κ3) is 2.57. The molecule has 0 aliphatic rings. The number of benzene rings is 1. The largest absolute Gasteiger partial charge is 0.328 e. The van der Waals surface area contributed by atoms with Crippen molar-refractivity contribution >= 4 is 17.4 Å². The fourth-order valence-corrected chi connectivity index (χ4v) is 1.74. The van der Waals surface area contributed by atoms with Crippen LogP contribution in [0, 0.1) is 0 Å². The molecule has 0 saturated carbocycles. The Labute approximate surface area is 107 Å². The molecule has 6 heteroatoms. The zero-order chi connectivity index (χ0) is 13.1. The number of carbonyl (C=O) groups is 1. The van der Waals surface area contributed by atoms with Gasteiger partial charge in [0.2, 0.25) is 0 Å². The molecule has 5 nitrogen and oxygen atoms in total. The first-order valence-electron chi connectivity index (χ1n) is 5.15. The minimum absolute atomic E-state index is 0.167. The average Bonchev–Trinajstić information content (AvgIpc) is 2.33. The van der Waals surface area contributed by atoms with Crippen LogP contribution in [0.15, 0.2) is 46.1 Å². The normalized spacial score (nSPS) is 10.3. The maximum absolute atomic E-state index is 11.9. The summed E-state index contributed by atoms with van der Waals surface area (Å²) >= 11 is 5.88. The Kier molecular flexibility index (Phi) is 3.43. The molecule has 0 radical (unpaired) electrons. The molecule has 0 fully saturated rings. The third-order valence-electron chi connectivity index (χ3n) is 2.39. The van der Waals surface area contributed by atoms with Gasteiger partial charge in [0.05, 0.1) is 11.6 Å². The van der Waals surface area contributed by atoms with Gasteiger partial charge in [-0.2, -0.15) is 0 Å². The van der Waals surface area contributed by atoms with E-state index in [1.165, 1.54) is 12.3 Å². The second-order valence-corrected chi connectivity index (χ2v) is 4.05. The zero-order valence-corrected chi connectivity index (χ0v) is 9.98. The molecular weight excluding hydrogens is 256 g/mol. The molecule has 1 heterocycles. The van der Waals surface area contributed by atoms with Gasteiger partial charge < -0.3 is 0 Å². The fraction of sp³-hybridized carbons (Fsp3) is 0.0833. The number of hydrogen-bond donors (Lipinski definition) is 1. The van der Waals surface area contributed by atoms with Crippen LogP contribution >= 0.6 is 11.6 Å². The van der Waals surface area contributed by atoms with Crippen LogP contribution in [-0.4, -0.2) is 15.3 Å². The molecule has 92 valence electrons. The molecule has 0 saturated heterocycles. The maximum Gasteiger partial charge on any atom is 0.328 e. The molecule has 2 rings (SSSR count). The highest BCUT2D eigenvalue weighted by Crippen LogP contribution is 2.15. The first-order valence-corrected chi connectivity index (χ1v) is 5.53. The number of hydrogen-bond acceptors (Lipinski definition) is 3. The number of H-pyrrole nitrogens is 1. The quantitative estimate of drug-likeness (QED) is 0.843. The van der Waals surface area contributed by atoms with Crippen molar-refractivity contribution in [1.29, 1.82) is 0 Å². The number of carbonyl (C=O) groups excluding carboxylic acids is 1. The van der Waals surface area contributed by atoms with Crippen molar-refractivity contribution in [3.05, 3.63) is 68.0 Å². The summed E-state index contributed by atoms with van der Waals surface area (Å²) < 4.78 is 1.12. The molecule has 1 aromatic heterocycles. The van der Waals surface area contributed by atoms with Crippen LogP contribution in [-0.2, 0) is 6.54 Å². The highest BCUT2D eigenvalue weighted by Gasteiger charge is 2.11. The van der Waals surface area contributed by atoms with Gasteiger partial charge in [0.15, 0.2) is 5.78 Å². The van der Waals surface area contributed by atoms with Crippen LogP contribution in [0.4, 0.5) is 0 Å². The van der Waals surface area contributed by atoms with E-state index in [0.717, 1.165) is 4.57 Å². The fourth-order valence-electron chi connectivity index (χ4n) is 1.50. The summed E-state index contributed by atoms with van der Waals surface area (Å²) in [7, 11) is 0. The first kappa shape index (κ1) is 12.3. The van der Waals surface area contributed by atoms with Crippen molar-refractivity contribution < 1.29 is 4.79 Å². The van der Waals surface area contributed by atoms with Gasteiger partial charge >= 0.3 is 5.69 Å². The van der Waals surface area contributed by atoms with Crippen molar-refractivity contribution in [3.8, 4) is 0 Å². The predicted molar refractivity (Wildman–Crippen MR) is 67.1 cm³/mol. The minimum Gasteiger partial charge on any atom is -0.293 e. The standard InChI is InChI=1S/C12H9ClN2O3/c13-9-4-2-1-3-8(9)10(16)7-15-6-5-11(17)14-12(15)18/h1-6H,7H2,(H,14,17,18). The maximum atomic E-state index is 11.9. The van der Waals surface area contributed by atoms with E-state index in [1.54, 1.807) is 24.3 Å². The lowest BCUT2D eigenvalue weighted by molar-refractivity contribution is 0.0970. The van der Waals surface area contributed by atoms with Crippen molar-refractivity contribution in [2.45, 2.75) is 6.54 Å². The molecule has 0 aliphatic heterocycles. The van der Waals surface area contributed by atoms with E-state index in [0.29, 0.717) is 10.6 Å². The molecule has 0 amide bonds. The Morgan fingerprint density at radius 2 is 1.94 bits per heavy atom. The second-order valence-electron chi connectivity index (χ2n) is 3.64. The Morgan fingerprint density at radius 3 is 2.61 bits per heavy atom. The lowest BCUT2D eigenvalue weighted by atomic mass is 10.1. The summed E-state index contributed by atoms with van der Waals surface area (Å²) in [5.74, 6) is -0.297. The van der Waals surface area contributed by atoms with Gasteiger partial charge in [-0.3, -0.25) is 19.1 Å². The van der Waals surface area contributed by atoms with Crippen LogP contribution in [0.25, 0.3) is 0 Å². The molecule has 0 unspecified atom stereocenters. The SMILES string of the molecule is O=C(Cn1ccc(=O)[nH]c1=O)c1ccccc1Cl. The predicted octanol–water partition coefficient (Wildman–Crippen LogP) is 1.07. The summed E-state index contributed by atoms with van der Waals surface area (Å²) in [4.78, 5) is 36.3. The summed E-state index contributed by atoms with van der Waals surface area (Å²) in [5.41, 5.74) is -0.776. The topological polar surface area (TPSA) is 71.9 Å². The summed E-state index contributed by atoms with van der Waals surface area (Å²) in [5, 5.41) is 0.333. The van der Waals surface area contributed by atoms with Gasteiger partial charge in [0.25, 0.3) is 5.56 Å². The summed E-state index contributed by atoms with van der Waals surface area (Å²) in [6.07, 6.45) is 1.27. The number of aromatic amines is 1. The van der Waals surface area contributed by atoms with Gasteiger partial charge in [-0.15, -0.1) is 0 Å². The smallest absolute Gasteiger partial charge is 0.293 e. The van der Waals surface area contributed by atoms with Crippen LogP contribution in [0.3, 0.4) is 0 Å². The molecule has 0 bridgehead atoms. The zero-order valence-electron chi connectivity index (χ0n) is 9.22. The molecule has 0 atom stereocenters. The first-order chi connectivity index (χ1) is 8.58. The summed E-state index contributed by atoms with van der Waals surface area (Å²) in [6.45, 7) is -0.167. The van der Waals surface area contributed by atoms with Gasteiger partial charge in [-0.05, 0) is 12.1 Å². The van der Waals surface area contributed by atoms with Crippen molar-refractivity contribution in [2.75, 3.05) is 0 Å². The number of Topliss-reactive ketones (excluding diaryl/α,β-unsaturated/α-hetero) is 1. The van der Waals surface area contributed by atoms with Gasteiger partial charge in [0, 0.05) is 17.8 Å². The number of ketones is 1. The molecule has 1 N–H and O–H groups in total. The Balaban J connectivity index is 2.30. The van der Waals surface area contributed by atoms with E-state index in [-0.39, 0.29) is 12.3 Å².